The number of carbonyl (C=O) groups excluding carboxylic acids is 1. The molecular weight excluding hydrogens is 233 g/mol. The molecule has 0 aromatic rings. The summed E-state index contributed by atoms with van der Waals surface area (Å²) in [5.74, 6) is -1.50. The molecule has 17 heavy (non-hydrogen) atoms. The minimum absolute atomic E-state index is 0.382. The van der Waals surface area contributed by atoms with E-state index in [1.165, 1.54) is 0 Å². The largest absolute Gasteiger partial charge is 0.480 e. The molecule has 0 unspecified atom stereocenters. The number of aliphatic hydroxyl groups is 1. The molecule has 0 bridgehead atoms. The fraction of sp³-hybridized carbons (Fsp3) is 0.800. The number of halogens is 1. The van der Waals surface area contributed by atoms with E-state index in [1.807, 2.05) is 0 Å². The average molecular weight is 249 g/mol. The molecule has 1 saturated heterocycles. The first-order valence-electron chi connectivity index (χ1n) is 5.18. The Labute approximate surface area is 98.0 Å². The van der Waals surface area contributed by atoms with Crippen molar-refractivity contribution in [3.8, 4) is 0 Å². The van der Waals surface area contributed by atoms with Crippen LogP contribution < -0.4 is 0 Å². The van der Waals surface area contributed by atoms with E-state index in [1.54, 1.807) is 20.8 Å². The lowest BCUT2D eigenvalue weighted by atomic mass is 10.1. The molecule has 6 nitrogen and oxygen atoms in total. The summed E-state index contributed by atoms with van der Waals surface area (Å²) >= 11 is 0. The number of rotatable bonds is 1. The summed E-state index contributed by atoms with van der Waals surface area (Å²) < 4.78 is 18.3. The lowest BCUT2D eigenvalue weighted by molar-refractivity contribution is -0.144. The quantitative estimate of drug-likeness (QED) is 0.702. The number of hydrogen-bond donors (Lipinski definition) is 2. The Bertz CT molecular complexity index is 327. The van der Waals surface area contributed by atoms with Gasteiger partial charge in [0.05, 0.1) is 6.54 Å². The molecule has 98 valence electrons. The summed E-state index contributed by atoms with van der Waals surface area (Å²) in [4.78, 5) is 23.2. The van der Waals surface area contributed by atoms with Crippen molar-refractivity contribution in [1.29, 1.82) is 0 Å². The van der Waals surface area contributed by atoms with Crippen LogP contribution in [0.2, 0.25) is 0 Å². The lowest BCUT2D eigenvalue weighted by Crippen LogP contribution is -2.46. The zero-order valence-corrected chi connectivity index (χ0v) is 9.88. The third-order valence-corrected chi connectivity index (χ3v) is 2.27. The van der Waals surface area contributed by atoms with Crippen molar-refractivity contribution in [2.24, 2.45) is 0 Å². The van der Waals surface area contributed by atoms with Crippen molar-refractivity contribution in [1.82, 2.24) is 4.90 Å². The Morgan fingerprint density at radius 1 is 1.41 bits per heavy atom. The number of aliphatic carboxylic acids is 1. The Morgan fingerprint density at radius 2 is 1.94 bits per heavy atom. The fourth-order valence-electron chi connectivity index (χ4n) is 1.58. The molecule has 1 aliphatic rings. The number of aliphatic hydroxyl groups excluding tert-OH is 1. The van der Waals surface area contributed by atoms with Gasteiger partial charge in [0.2, 0.25) is 0 Å². The maximum atomic E-state index is 13.4. The van der Waals surface area contributed by atoms with E-state index in [4.69, 9.17) is 9.84 Å². The minimum Gasteiger partial charge on any atom is -0.480 e. The molecule has 3 atom stereocenters. The zero-order chi connectivity index (χ0) is 13.4. The molecule has 1 rings (SSSR count). The van der Waals surface area contributed by atoms with Gasteiger partial charge in [-0.15, -0.1) is 0 Å². The van der Waals surface area contributed by atoms with Crippen molar-refractivity contribution in [2.75, 3.05) is 6.54 Å². The van der Waals surface area contributed by atoms with Crippen LogP contribution >= 0.6 is 0 Å². The third kappa shape index (κ3) is 3.06. The van der Waals surface area contributed by atoms with E-state index < -0.39 is 36.0 Å². The van der Waals surface area contributed by atoms with Gasteiger partial charge in [-0.25, -0.2) is 14.0 Å². The predicted molar refractivity (Wildman–Crippen MR) is 55.3 cm³/mol. The number of nitrogens with zero attached hydrogens (tertiary/aromatic N) is 1. The molecule has 1 heterocycles. The van der Waals surface area contributed by atoms with Gasteiger partial charge < -0.3 is 14.9 Å². The molecule has 0 aromatic carbocycles. The summed E-state index contributed by atoms with van der Waals surface area (Å²) in [7, 11) is 0. The number of β-amino-alcohol motifs (C(OH)–C–C–N with tert-alkyl or cyclic N) is 1. The molecule has 2 N–H and O–H groups in total. The van der Waals surface area contributed by atoms with E-state index in [0.29, 0.717) is 4.90 Å². The molecule has 1 fully saturated rings. The van der Waals surface area contributed by atoms with E-state index in [9.17, 15) is 19.1 Å². The molecule has 0 aliphatic carbocycles. The topological polar surface area (TPSA) is 87.1 Å². The van der Waals surface area contributed by atoms with Crippen LogP contribution in [0.15, 0.2) is 0 Å². The van der Waals surface area contributed by atoms with Crippen molar-refractivity contribution in [2.45, 2.75) is 44.7 Å². The van der Waals surface area contributed by atoms with Gasteiger partial charge in [0.25, 0.3) is 0 Å². The lowest BCUT2D eigenvalue weighted by Gasteiger charge is -2.26. The highest BCUT2D eigenvalue weighted by Crippen LogP contribution is 2.24. The first kappa shape index (κ1) is 13.7. The van der Waals surface area contributed by atoms with Crippen molar-refractivity contribution >= 4 is 12.1 Å². The predicted octanol–water partition coefficient (Wildman–Crippen LogP) is 0.389. The van der Waals surface area contributed by atoms with Gasteiger partial charge in [0.1, 0.15) is 11.7 Å². The summed E-state index contributed by atoms with van der Waals surface area (Å²) in [6, 6.07) is -1.69. The Balaban J connectivity index is 2.82. The first-order chi connectivity index (χ1) is 7.63. The van der Waals surface area contributed by atoms with Crippen LogP contribution in [0.1, 0.15) is 20.8 Å². The smallest absolute Gasteiger partial charge is 0.411 e. The monoisotopic (exact) mass is 249 g/mol. The second-order valence-electron chi connectivity index (χ2n) is 4.93. The standard InChI is InChI=1S/C10H16FNO5/c1-10(2,3)17-9(16)12-4-5(13)6(11)7(12)8(14)15/h5-7,13H,4H2,1-3H3,(H,14,15)/t5-,6+,7+/m1/s1. The van der Waals surface area contributed by atoms with Crippen LogP contribution in [0, 0.1) is 0 Å². The number of carboxylic acids is 1. The van der Waals surface area contributed by atoms with Crippen molar-refractivity contribution in [3.63, 3.8) is 0 Å². The Hall–Kier alpha value is -1.37. The molecule has 7 heteroatoms. The SMILES string of the molecule is CC(C)(C)OC(=O)N1C[C@@H](O)[C@H](F)[C@H]1C(=O)O. The summed E-state index contributed by atoms with van der Waals surface area (Å²) in [6.07, 6.45) is -4.44. The van der Waals surface area contributed by atoms with Gasteiger partial charge >= 0.3 is 12.1 Å². The number of amides is 1. The average Bonchev–Trinajstić information content (AvgIpc) is 2.40. The highest BCUT2D eigenvalue weighted by atomic mass is 19.1. The number of hydrogen-bond acceptors (Lipinski definition) is 4. The van der Waals surface area contributed by atoms with Gasteiger partial charge in [-0.3, -0.25) is 4.90 Å². The summed E-state index contributed by atoms with van der Waals surface area (Å²) in [5.41, 5.74) is -0.806. The van der Waals surface area contributed by atoms with Gasteiger partial charge in [-0.1, -0.05) is 0 Å². The fourth-order valence-corrected chi connectivity index (χ4v) is 1.58. The molecule has 0 radical (unpaired) electrons. The van der Waals surface area contributed by atoms with E-state index in [0.717, 1.165) is 0 Å². The van der Waals surface area contributed by atoms with Crippen molar-refractivity contribution in [3.05, 3.63) is 0 Å². The molecular formula is C10H16FNO5. The molecule has 0 spiro atoms. The normalized spacial score (nSPS) is 29.2. The molecule has 1 amide bonds. The molecule has 0 saturated carbocycles. The van der Waals surface area contributed by atoms with Crippen LogP contribution in [0.3, 0.4) is 0 Å². The van der Waals surface area contributed by atoms with Crippen LogP contribution in [0.5, 0.6) is 0 Å². The second kappa shape index (κ2) is 4.48. The number of alkyl halides is 1. The first-order valence-corrected chi connectivity index (χ1v) is 5.18. The van der Waals surface area contributed by atoms with Crippen LogP contribution in [0.25, 0.3) is 0 Å². The molecule has 0 aromatic heterocycles. The number of likely N-dealkylation sites (tertiary alicyclic amines) is 1. The highest BCUT2D eigenvalue weighted by molar-refractivity contribution is 5.81. The van der Waals surface area contributed by atoms with E-state index in [-0.39, 0.29) is 6.54 Å². The third-order valence-electron chi connectivity index (χ3n) is 2.27. The molecule has 1 aliphatic heterocycles. The second-order valence-corrected chi connectivity index (χ2v) is 4.93. The van der Waals surface area contributed by atoms with Gasteiger partial charge in [0.15, 0.2) is 12.2 Å². The highest BCUT2D eigenvalue weighted by Gasteiger charge is 2.49. The van der Waals surface area contributed by atoms with Gasteiger partial charge in [-0.05, 0) is 20.8 Å². The van der Waals surface area contributed by atoms with E-state index >= 15 is 0 Å². The maximum Gasteiger partial charge on any atom is 0.411 e. The van der Waals surface area contributed by atoms with Crippen LogP contribution in [-0.4, -0.2) is 57.6 Å². The Morgan fingerprint density at radius 3 is 2.35 bits per heavy atom. The van der Waals surface area contributed by atoms with Gasteiger partial charge in [-0.2, -0.15) is 0 Å². The van der Waals surface area contributed by atoms with Gasteiger partial charge in [0, 0.05) is 0 Å². The van der Waals surface area contributed by atoms with E-state index in [2.05, 4.69) is 0 Å². The van der Waals surface area contributed by atoms with Crippen LogP contribution in [0.4, 0.5) is 9.18 Å². The maximum absolute atomic E-state index is 13.4. The van der Waals surface area contributed by atoms with Crippen molar-refractivity contribution < 1.29 is 28.9 Å². The minimum atomic E-state index is -2.00. The zero-order valence-electron chi connectivity index (χ0n) is 9.88. The number of carboxylic acid groups (broad SMARTS) is 1. The summed E-state index contributed by atoms with van der Waals surface area (Å²) in [6.45, 7) is 4.45. The summed E-state index contributed by atoms with van der Waals surface area (Å²) in [5, 5.41) is 18.1. The number of ether oxygens (including phenoxy) is 1. The number of carbonyl (C=O) groups is 2. The van der Waals surface area contributed by atoms with Crippen LogP contribution in [-0.2, 0) is 9.53 Å². The Kier molecular flexibility index (Phi) is 3.61.